The van der Waals surface area contributed by atoms with Gasteiger partial charge in [0.25, 0.3) is 5.91 Å². The SMILES string of the molecule is CN(C)Cc1ccc([C@@H](NC(=O)c2ccc3c(c2)CN(C2CCC(=O)NC2=O)C3O)C(F)(F)F)cc1. The third-order valence-corrected chi connectivity index (χ3v) is 6.38. The van der Waals surface area contributed by atoms with Gasteiger partial charge in [0.15, 0.2) is 6.04 Å². The highest BCUT2D eigenvalue weighted by molar-refractivity contribution is 6.00. The van der Waals surface area contributed by atoms with Gasteiger partial charge in [0.05, 0.1) is 6.04 Å². The van der Waals surface area contributed by atoms with Gasteiger partial charge >= 0.3 is 6.18 Å². The van der Waals surface area contributed by atoms with E-state index in [2.05, 4.69) is 10.6 Å². The molecule has 0 aliphatic carbocycles. The van der Waals surface area contributed by atoms with Crippen molar-refractivity contribution in [3.63, 3.8) is 0 Å². The summed E-state index contributed by atoms with van der Waals surface area (Å²) in [5.41, 5.74) is 1.74. The van der Waals surface area contributed by atoms with E-state index < -0.39 is 36.3 Å². The number of piperidine rings is 1. The second-order valence-corrected chi connectivity index (χ2v) is 9.35. The average Bonchev–Trinajstić information content (AvgIpc) is 3.12. The summed E-state index contributed by atoms with van der Waals surface area (Å²) in [5, 5.41) is 15.0. The maximum atomic E-state index is 13.9. The summed E-state index contributed by atoms with van der Waals surface area (Å²) < 4.78 is 41.6. The first-order valence-corrected chi connectivity index (χ1v) is 11.5. The number of hydrogen-bond donors (Lipinski definition) is 3. The summed E-state index contributed by atoms with van der Waals surface area (Å²) in [5.74, 6) is -1.81. The van der Waals surface area contributed by atoms with Gasteiger partial charge in [-0.15, -0.1) is 0 Å². The van der Waals surface area contributed by atoms with Crippen LogP contribution in [0.25, 0.3) is 0 Å². The van der Waals surface area contributed by atoms with Crippen molar-refractivity contribution in [2.75, 3.05) is 14.1 Å². The molecular formula is C25H27F3N4O4. The molecule has 0 radical (unpaired) electrons. The number of halogens is 3. The Morgan fingerprint density at radius 1 is 1.19 bits per heavy atom. The van der Waals surface area contributed by atoms with E-state index in [0.717, 1.165) is 5.56 Å². The Labute approximate surface area is 206 Å². The molecule has 2 heterocycles. The van der Waals surface area contributed by atoms with Gasteiger partial charge in [-0.2, -0.15) is 13.2 Å². The molecule has 1 fully saturated rings. The minimum Gasteiger partial charge on any atom is -0.374 e. The predicted octanol–water partition coefficient (Wildman–Crippen LogP) is 2.39. The zero-order valence-corrected chi connectivity index (χ0v) is 19.8. The number of carbonyl (C=O) groups is 3. The highest BCUT2D eigenvalue weighted by Crippen LogP contribution is 2.36. The number of aliphatic hydroxyl groups is 1. The molecule has 0 bridgehead atoms. The third-order valence-electron chi connectivity index (χ3n) is 6.38. The summed E-state index contributed by atoms with van der Waals surface area (Å²) in [6.45, 7) is 0.681. The molecule has 1 saturated heterocycles. The van der Waals surface area contributed by atoms with E-state index in [1.165, 1.54) is 35.2 Å². The molecule has 11 heteroatoms. The number of nitrogens with zero attached hydrogens (tertiary/aromatic N) is 2. The minimum absolute atomic E-state index is 0.00421. The second kappa shape index (κ2) is 10.00. The first-order chi connectivity index (χ1) is 16.9. The third kappa shape index (κ3) is 5.43. The van der Waals surface area contributed by atoms with Gasteiger partial charge in [-0.1, -0.05) is 30.3 Å². The van der Waals surface area contributed by atoms with E-state index in [0.29, 0.717) is 17.7 Å². The average molecular weight is 505 g/mol. The Kier molecular flexibility index (Phi) is 7.17. The lowest BCUT2D eigenvalue weighted by Crippen LogP contribution is -2.51. The summed E-state index contributed by atoms with van der Waals surface area (Å²) in [6.07, 6.45) is -5.47. The Hall–Kier alpha value is -3.28. The minimum atomic E-state index is -4.71. The van der Waals surface area contributed by atoms with Crippen LogP contribution in [-0.4, -0.2) is 58.9 Å². The number of aliphatic hydroxyl groups excluding tert-OH is 1. The van der Waals surface area contributed by atoms with Crippen LogP contribution in [0.2, 0.25) is 0 Å². The van der Waals surface area contributed by atoms with Gasteiger partial charge in [-0.25, -0.2) is 0 Å². The van der Waals surface area contributed by atoms with Crippen LogP contribution < -0.4 is 10.6 Å². The van der Waals surface area contributed by atoms with Crippen molar-refractivity contribution >= 4 is 17.7 Å². The lowest BCUT2D eigenvalue weighted by molar-refractivity contribution is -0.155. The molecule has 4 rings (SSSR count). The molecule has 0 saturated carbocycles. The fourth-order valence-corrected chi connectivity index (χ4v) is 4.63. The van der Waals surface area contributed by atoms with Crippen LogP contribution >= 0.6 is 0 Å². The van der Waals surface area contributed by atoms with E-state index in [-0.39, 0.29) is 36.4 Å². The number of imide groups is 1. The fraction of sp³-hybridized carbons (Fsp3) is 0.400. The van der Waals surface area contributed by atoms with Gasteiger partial charge in [-0.05, 0) is 54.9 Å². The van der Waals surface area contributed by atoms with Crippen LogP contribution in [0.5, 0.6) is 0 Å². The van der Waals surface area contributed by atoms with Crippen molar-refractivity contribution in [3.05, 3.63) is 70.3 Å². The maximum Gasteiger partial charge on any atom is 0.412 e. The van der Waals surface area contributed by atoms with Crippen molar-refractivity contribution in [2.24, 2.45) is 0 Å². The van der Waals surface area contributed by atoms with E-state index in [9.17, 15) is 32.7 Å². The Balaban J connectivity index is 1.51. The van der Waals surface area contributed by atoms with Crippen molar-refractivity contribution in [1.29, 1.82) is 0 Å². The van der Waals surface area contributed by atoms with E-state index in [4.69, 9.17) is 0 Å². The molecule has 36 heavy (non-hydrogen) atoms. The van der Waals surface area contributed by atoms with Crippen LogP contribution in [0.4, 0.5) is 13.2 Å². The number of fused-ring (bicyclic) bond motifs is 1. The monoisotopic (exact) mass is 504 g/mol. The summed E-state index contributed by atoms with van der Waals surface area (Å²) >= 11 is 0. The number of rotatable bonds is 6. The maximum absolute atomic E-state index is 13.9. The van der Waals surface area contributed by atoms with Gasteiger partial charge in [0, 0.05) is 25.1 Å². The molecule has 192 valence electrons. The molecule has 0 spiro atoms. The van der Waals surface area contributed by atoms with Crippen molar-refractivity contribution in [3.8, 4) is 0 Å². The number of hydrogen-bond acceptors (Lipinski definition) is 6. The standard InChI is InChI=1S/C25H27F3N4O4/c1-31(2)12-14-3-5-15(6-4-14)21(25(26,27)28)30-22(34)16-7-8-18-17(11-16)13-32(24(18)36)19-9-10-20(33)29-23(19)35/h3-8,11,19,21,24,36H,9-10,12-13H2,1-2H3,(H,30,34)(H,29,33,35)/t19?,21-,24?/m1/s1. The molecule has 2 aromatic rings. The van der Waals surface area contributed by atoms with Crippen LogP contribution in [0, 0.1) is 0 Å². The fourth-order valence-electron chi connectivity index (χ4n) is 4.63. The van der Waals surface area contributed by atoms with Crippen molar-refractivity contribution in [2.45, 2.75) is 50.4 Å². The molecule has 2 unspecified atom stereocenters. The highest BCUT2D eigenvalue weighted by atomic mass is 19.4. The van der Waals surface area contributed by atoms with Crippen molar-refractivity contribution < 1.29 is 32.7 Å². The van der Waals surface area contributed by atoms with E-state index >= 15 is 0 Å². The van der Waals surface area contributed by atoms with E-state index in [1.54, 1.807) is 12.1 Å². The number of carbonyl (C=O) groups excluding carboxylic acids is 3. The smallest absolute Gasteiger partial charge is 0.374 e. The quantitative estimate of drug-likeness (QED) is 0.523. The number of benzene rings is 2. The summed E-state index contributed by atoms with van der Waals surface area (Å²) in [7, 11) is 3.71. The Morgan fingerprint density at radius 3 is 2.50 bits per heavy atom. The van der Waals surface area contributed by atoms with Crippen LogP contribution in [-0.2, 0) is 22.7 Å². The molecule has 0 aromatic heterocycles. The molecule has 2 aliphatic heterocycles. The van der Waals surface area contributed by atoms with E-state index in [1.807, 2.05) is 19.0 Å². The molecule has 8 nitrogen and oxygen atoms in total. The zero-order valence-electron chi connectivity index (χ0n) is 19.8. The lowest BCUT2D eigenvalue weighted by Gasteiger charge is -2.31. The lowest BCUT2D eigenvalue weighted by atomic mass is 10.0. The molecular weight excluding hydrogens is 477 g/mol. The number of nitrogens with one attached hydrogen (secondary N) is 2. The largest absolute Gasteiger partial charge is 0.412 e. The molecule has 3 N–H and O–H groups in total. The molecule has 2 aromatic carbocycles. The highest BCUT2D eigenvalue weighted by Gasteiger charge is 2.43. The summed E-state index contributed by atoms with van der Waals surface area (Å²) in [6, 6.07) is 7.22. The first kappa shape index (κ1) is 25.8. The molecule has 3 atom stereocenters. The van der Waals surface area contributed by atoms with Crippen molar-refractivity contribution in [1.82, 2.24) is 20.4 Å². The molecule has 2 aliphatic rings. The normalized spacial score (nSPS) is 21.3. The zero-order chi connectivity index (χ0) is 26.2. The number of amides is 3. The Morgan fingerprint density at radius 2 is 1.89 bits per heavy atom. The van der Waals surface area contributed by atoms with Gasteiger partial charge in [0.2, 0.25) is 11.8 Å². The van der Waals surface area contributed by atoms with Crippen LogP contribution in [0.3, 0.4) is 0 Å². The Bertz CT molecular complexity index is 1170. The predicted molar refractivity (Wildman–Crippen MR) is 123 cm³/mol. The van der Waals surface area contributed by atoms with Crippen LogP contribution in [0.1, 0.15) is 57.7 Å². The summed E-state index contributed by atoms with van der Waals surface area (Å²) in [4.78, 5) is 39.9. The second-order valence-electron chi connectivity index (χ2n) is 9.35. The van der Waals surface area contributed by atoms with Crippen LogP contribution in [0.15, 0.2) is 42.5 Å². The first-order valence-electron chi connectivity index (χ1n) is 11.5. The van der Waals surface area contributed by atoms with Gasteiger partial charge in [0.1, 0.15) is 6.23 Å². The molecule has 3 amide bonds. The number of alkyl halides is 3. The van der Waals surface area contributed by atoms with Gasteiger partial charge < -0.3 is 15.3 Å². The topological polar surface area (TPSA) is 102 Å². The van der Waals surface area contributed by atoms with Gasteiger partial charge in [-0.3, -0.25) is 24.6 Å².